The van der Waals surface area contributed by atoms with Crippen LogP contribution < -0.4 is 10.2 Å². The maximum atomic E-state index is 13.6. The first-order valence-corrected chi connectivity index (χ1v) is 37.7. The molecule has 0 saturated heterocycles. The SMILES string of the molecule is CC/C=C\C/C=C\C/C=C\C/C=C\C/C=C\C/C=C\CCCCCCC(=O)NC(COP(=O)([O-])OCC[N+](C)(C)C)C(/C=C/CCCCCCCCCCC)OC(=O)CCCCCCCCCCCCCCCCCCC/C=C\C/C=C\CCCCC. The van der Waals surface area contributed by atoms with Crippen molar-refractivity contribution in [1.82, 2.24) is 5.32 Å². The summed E-state index contributed by atoms with van der Waals surface area (Å²) in [6.07, 6.45) is 90.8. The summed E-state index contributed by atoms with van der Waals surface area (Å²) in [6, 6.07) is -0.909. The zero-order valence-electron chi connectivity index (χ0n) is 57.4. The van der Waals surface area contributed by atoms with E-state index in [1.54, 1.807) is 0 Å². The predicted molar refractivity (Wildman–Crippen MR) is 376 cm³/mol. The molecule has 0 saturated carbocycles. The van der Waals surface area contributed by atoms with Crippen LogP contribution in [0.15, 0.2) is 109 Å². The predicted octanol–water partition coefficient (Wildman–Crippen LogP) is 22.6. The molecule has 9 nitrogen and oxygen atoms in total. The minimum Gasteiger partial charge on any atom is -0.756 e. The van der Waals surface area contributed by atoms with E-state index in [4.69, 9.17) is 13.8 Å². The van der Waals surface area contributed by atoms with Gasteiger partial charge in [-0.2, -0.15) is 0 Å². The lowest BCUT2D eigenvalue weighted by Crippen LogP contribution is -2.47. The lowest BCUT2D eigenvalue weighted by molar-refractivity contribution is -0.870. The lowest BCUT2D eigenvalue weighted by atomic mass is 10.0. The minimum atomic E-state index is -4.72. The van der Waals surface area contributed by atoms with Crippen LogP contribution in [-0.2, 0) is 27.9 Å². The van der Waals surface area contributed by atoms with E-state index >= 15 is 0 Å². The molecular weight excluding hydrogens is 1100 g/mol. The Kier molecular flexibility index (Phi) is 63.1. The normalized spacial score (nSPS) is 14.1. The van der Waals surface area contributed by atoms with Crippen molar-refractivity contribution in [3.05, 3.63) is 109 Å². The molecule has 0 fully saturated rings. The van der Waals surface area contributed by atoms with Crippen LogP contribution in [0.4, 0.5) is 0 Å². The Morgan fingerprint density at radius 3 is 1.13 bits per heavy atom. The number of allylic oxidation sites excluding steroid dienone is 17. The minimum absolute atomic E-state index is 0.0318. The number of ether oxygens (including phenoxy) is 1. The fourth-order valence-corrected chi connectivity index (χ4v) is 10.9. The van der Waals surface area contributed by atoms with E-state index in [1.165, 1.54) is 167 Å². The van der Waals surface area contributed by atoms with Gasteiger partial charge in [-0.3, -0.25) is 14.2 Å². The quantitative estimate of drug-likeness (QED) is 0.0212. The van der Waals surface area contributed by atoms with Gasteiger partial charge in [-0.05, 0) is 115 Å². The number of hydrogen-bond acceptors (Lipinski definition) is 7. The highest BCUT2D eigenvalue weighted by molar-refractivity contribution is 7.45. The van der Waals surface area contributed by atoms with Crippen molar-refractivity contribution in [2.45, 2.75) is 328 Å². The molecular formula is C77H137N2O7P. The topological polar surface area (TPSA) is 114 Å². The molecule has 3 unspecified atom stereocenters. The Hall–Kier alpha value is -3.33. The van der Waals surface area contributed by atoms with Crippen LogP contribution in [0.1, 0.15) is 316 Å². The zero-order chi connectivity index (χ0) is 63.5. The third-order valence-corrected chi connectivity index (χ3v) is 16.7. The molecule has 0 aliphatic rings. The number of quaternary nitrogens is 1. The molecule has 3 atom stereocenters. The van der Waals surface area contributed by atoms with Gasteiger partial charge in [0.25, 0.3) is 7.82 Å². The number of esters is 1. The lowest BCUT2D eigenvalue weighted by Gasteiger charge is -2.30. The summed E-state index contributed by atoms with van der Waals surface area (Å²) < 4.78 is 30.4. The molecule has 10 heteroatoms. The molecule has 87 heavy (non-hydrogen) atoms. The van der Waals surface area contributed by atoms with Crippen molar-refractivity contribution in [3.8, 4) is 0 Å². The standard InChI is InChI=1S/C77H137N2O7P/c1-7-10-13-16-19-22-25-27-29-31-33-35-37-38-39-40-42-44-46-48-50-52-55-58-61-64-67-70-77(81)86-75(68-65-62-59-56-53-24-21-18-15-12-9-3)74(73-85-87(82,83)84-72-71-79(4,5)6)78-76(80)69-66-63-60-57-54-51-49-47-45-43-41-36-34-32-30-28-26-23-20-17-14-11-8-2/h11,14,19-20,22-23,27-30,34,36,43,45,49,51,65,68,74-75H,7-10,12-13,15-18,21,24-26,31-33,35,37-42,44,46-48,50,52-64,66-67,69-73H2,1-6H3,(H-,78,80,82,83)/b14-11-,22-19-,23-20-,29-27-,30-28-,36-34-,45-43-,51-49-,68-65+. The Morgan fingerprint density at radius 1 is 0.414 bits per heavy atom. The van der Waals surface area contributed by atoms with Crippen molar-refractivity contribution >= 4 is 19.7 Å². The van der Waals surface area contributed by atoms with Gasteiger partial charge in [0.05, 0.1) is 33.8 Å². The van der Waals surface area contributed by atoms with E-state index in [0.717, 1.165) is 109 Å². The molecule has 0 aromatic rings. The summed E-state index contributed by atoms with van der Waals surface area (Å²) in [6.45, 7) is 6.70. The summed E-state index contributed by atoms with van der Waals surface area (Å²) >= 11 is 0. The van der Waals surface area contributed by atoms with Gasteiger partial charge in [0.15, 0.2) is 0 Å². The number of rotatable bonds is 65. The number of amides is 1. The second-order valence-corrected chi connectivity index (χ2v) is 26.8. The third-order valence-electron chi connectivity index (χ3n) is 15.7. The van der Waals surface area contributed by atoms with E-state index in [2.05, 4.69) is 123 Å². The van der Waals surface area contributed by atoms with E-state index in [9.17, 15) is 19.0 Å². The maximum Gasteiger partial charge on any atom is 0.306 e. The van der Waals surface area contributed by atoms with E-state index in [1.807, 2.05) is 33.3 Å². The largest absolute Gasteiger partial charge is 0.756 e. The van der Waals surface area contributed by atoms with Crippen molar-refractivity contribution in [2.75, 3.05) is 40.9 Å². The molecule has 0 aromatic carbocycles. The number of carbonyl (C=O) groups is 2. The fraction of sp³-hybridized carbons (Fsp3) is 0.740. The average Bonchev–Trinajstić information content (AvgIpc) is 3.70. The summed E-state index contributed by atoms with van der Waals surface area (Å²) in [5.41, 5.74) is 0. The van der Waals surface area contributed by atoms with Gasteiger partial charge in [-0.1, -0.05) is 297 Å². The number of nitrogens with one attached hydrogen (secondary N) is 1. The van der Waals surface area contributed by atoms with Gasteiger partial charge in [-0.15, -0.1) is 0 Å². The van der Waals surface area contributed by atoms with Gasteiger partial charge in [0.1, 0.15) is 19.3 Å². The summed E-state index contributed by atoms with van der Waals surface area (Å²) in [5, 5.41) is 3.03. The van der Waals surface area contributed by atoms with Gasteiger partial charge < -0.3 is 28.5 Å². The zero-order valence-corrected chi connectivity index (χ0v) is 58.3. The molecule has 0 aliphatic carbocycles. The first kappa shape index (κ1) is 83.7. The van der Waals surface area contributed by atoms with E-state index in [0.29, 0.717) is 17.4 Å². The van der Waals surface area contributed by atoms with Gasteiger partial charge in [0.2, 0.25) is 5.91 Å². The Balaban J connectivity index is 5.03. The third kappa shape index (κ3) is 66.9. The number of phosphoric ester groups is 1. The number of phosphoric acid groups is 1. The smallest absolute Gasteiger partial charge is 0.306 e. The van der Waals surface area contributed by atoms with Crippen LogP contribution in [-0.4, -0.2) is 69.4 Å². The molecule has 0 radical (unpaired) electrons. The summed E-state index contributed by atoms with van der Waals surface area (Å²) in [4.78, 5) is 40.2. The second kappa shape index (κ2) is 65.6. The molecule has 0 bridgehead atoms. The number of carbonyl (C=O) groups excluding carboxylic acids is 2. The van der Waals surface area contributed by atoms with Gasteiger partial charge in [0, 0.05) is 12.8 Å². The Labute approximate surface area is 538 Å². The first-order valence-electron chi connectivity index (χ1n) is 36.2. The highest BCUT2D eigenvalue weighted by atomic mass is 31.2. The Bertz CT molecular complexity index is 1860. The van der Waals surface area contributed by atoms with Crippen LogP contribution in [0, 0.1) is 0 Å². The van der Waals surface area contributed by atoms with Crippen molar-refractivity contribution < 1.29 is 37.3 Å². The van der Waals surface area contributed by atoms with Crippen LogP contribution in [0.3, 0.4) is 0 Å². The number of unbranched alkanes of at least 4 members (excludes halogenated alkanes) is 33. The van der Waals surface area contributed by atoms with Crippen molar-refractivity contribution in [2.24, 2.45) is 0 Å². The summed E-state index contributed by atoms with van der Waals surface area (Å²) in [5.74, 6) is -0.567. The molecule has 1 N–H and O–H groups in total. The molecule has 0 aromatic heterocycles. The second-order valence-electron chi connectivity index (χ2n) is 25.4. The number of hydrogen-bond donors (Lipinski definition) is 1. The Morgan fingerprint density at radius 2 is 0.736 bits per heavy atom. The van der Waals surface area contributed by atoms with Crippen LogP contribution >= 0.6 is 7.82 Å². The van der Waals surface area contributed by atoms with Crippen LogP contribution in [0.2, 0.25) is 0 Å². The highest BCUT2D eigenvalue weighted by Gasteiger charge is 2.27. The van der Waals surface area contributed by atoms with Crippen molar-refractivity contribution in [3.63, 3.8) is 0 Å². The molecule has 0 spiro atoms. The molecule has 502 valence electrons. The van der Waals surface area contributed by atoms with Crippen molar-refractivity contribution in [1.29, 1.82) is 0 Å². The molecule has 1 amide bonds. The van der Waals surface area contributed by atoms with Gasteiger partial charge >= 0.3 is 5.97 Å². The number of likely N-dealkylation sites (N-methyl/N-ethyl adjacent to an activating group) is 1. The average molecular weight is 1230 g/mol. The van der Waals surface area contributed by atoms with Crippen LogP contribution in [0.5, 0.6) is 0 Å². The van der Waals surface area contributed by atoms with Crippen LogP contribution in [0.25, 0.3) is 0 Å². The number of nitrogens with zero attached hydrogens (tertiary/aromatic N) is 1. The van der Waals surface area contributed by atoms with Gasteiger partial charge in [-0.25, -0.2) is 0 Å². The molecule has 0 heterocycles. The molecule has 0 aliphatic heterocycles. The summed E-state index contributed by atoms with van der Waals surface area (Å²) in [7, 11) is 1.16. The highest BCUT2D eigenvalue weighted by Crippen LogP contribution is 2.38. The van der Waals surface area contributed by atoms with E-state index in [-0.39, 0.29) is 31.3 Å². The monoisotopic (exact) mass is 1230 g/mol. The van der Waals surface area contributed by atoms with E-state index < -0.39 is 26.6 Å². The first-order chi connectivity index (χ1) is 42.4. The fourth-order valence-electron chi connectivity index (χ4n) is 10.1. The molecule has 0 rings (SSSR count). The maximum absolute atomic E-state index is 13.6.